The van der Waals surface area contributed by atoms with E-state index in [-0.39, 0.29) is 0 Å². The molecule has 138 valence electrons. The Morgan fingerprint density at radius 3 is 2.48 bits per heavy atom. The van der Waals surface area contributed by atoms with Crippen molar-refractivity contribution in [2.75, 3.05) is 26.7 Å². The number of benzene rings is 1. The Bertz CT molecular complexity index is 581. The van der Waals surface area contributed by atoms with Crippen LogP contribution < -0.4 is 16.0 Å². The normalized spacial score (nSPS) is 19.9. The monoisotopic (exact) mass is 346 g/mol. The SMILES string of the molecule is CN=C(NCCNC(=O)OC(C)(C)C)NCC1CC1c1ccccc1. The van der Waals surface area contributed by atoms with Gasteiger partial charge in [0.05, 0.1) is 0 Å². The van der Waals surface area contributed by atoms with Crippen LogP contribution in [0.2, 0.25) is 0 Å². The van der Waals surface area contributed by atoms with Gasteiger partial charge in [-0.25, -0.2) is 4.79 Å². The number of alkyl carbamates (subject to hydrolysis) is 1. The van der Waals surface area contributed by atoms with Crippen LogP contribution in [0.25, 0.3) is 0 Å². The molecule has 1 aliphatic carbocycles. The minimum Gasteiger partial charge on any atom is -0.444 e. The van der Waals surface area contributed by atoms with Crippen molar-refractivity contribution in [3.05, 3.63) is 35.9 Å². The van der Waals surface area contributed by atoms with E-state index in [4.69, 9.17) is 4.74 Å². The lowest BCUT2D eigenvalue weighted by atomic mass is 10.1. The largest absolute Gasteiger partial charge is 0.444 e. The number of nitrogens with one attached hydrogen (secondary N) is 3. The van der Waals surface area contributed by atoms with Crippen molar-refractivity contribution < 1.29 is 9.53 Å². The van der Waals surface area contributed by atoms with Crippen LogP contribution in [-0.4, -0.2) is 44.3 Å². The highest BCUT2D eigenvalue weighted by atomic mass is 16.6. The van der Waals surface area contributed by atoms with Crippen LogP contribution in [0.1, 0.15) is 38.7 Å². The van der Waals surface area contributed by atoms with Crippen LogP contribution >= 0.6 is 0 Å². The molecule has 0 aliphatic heterocycles. The van der Waals surface area contributed by atoms with E-state index in [1.807, 2.05) is 20.8 Å². The summed E-state index contributed by atoms with van der Waals surface area (Å²) in [7, 11) is 1.75. The number of aliphatic imine (C=N–C) groups is 1. The van der Waals surface area contributed by atoms with Gasteiger partial charge in [0.1, 0.15) is 5.60 Å². The first-order valence-electron chi connectivity index (χ1n) is 8.85. The fourth-order valence-corrected chi connectivity index (χ4v) is 2.69. The summed E-state index contributed by atoms with van der Waals surface area (Å²) in [4.78, 5) is 15.8. The molecule has 3 N–H and O–H groups in total. The number of hydrogen-bond donors (Lipinski definition) is 3. The van der Waals surface area contributed by atoms with Gasteiger partial charge in [0, 0.05) is 26.7 Å². The summed E-state index contributed by atoms with van der Waals surface area (Å²) in [6.07, 6.45) is 0.815. The van der Waals surface area contributed by atoms with Crippen molar-refractivity contribution >= 4 is 12.1 Å². The number of nitrogens with zero attached hydrogens (tertiary/aromatic N) is 1. The molecule has 25 heavy (non-hydrogen) atoms. The molecule has 2 rings (SSSR count). The molecule has 1 amide bonds. The predicted molar refractivity (Wildman–Crippen MR) is 101 cm³/mol. The van der Waals surface area contributed by atoms with E-state index in [9.17, 15) is 4.79 Å². The smallest absolute Gasteiger partial charge is 0.407 e. The van der Waals surface area contributed by atoms with Gasteiger partial charge in [-0.2, -0.15) is 0 Å². The molecule has 6 nitrogen and oxygen atoms in total. The van der Waals surface area contributed by atoms with E-state index in [0.29, 0.717) is 24.9 Å². The Kier molecular flexibility index (Phi) is 6.67. The molecule has 0 heterocycles. The van der Waals surface area contributed by atoms with Gasteiger partial charge in [0.25, 0.3) is 0 Å². The summed E-state index contributed by atoms with van der Waals surface area (Å²) in [6, 6.07) is 10.6. The van der Waals surface area contributed by atoms with Gasteiger partial charge in [0.2, 0.25) is 0 Å². The molecule has 2 unspecified atom stereocenters. The summed E-state index contributed by atoms with van der Waals surface area (Å²) < 4.78 is 5.19. The second kappa shape index (κ2) is 8.74. The lowest BCUT2D eigenvalue weighted by Gasteiger charge is -2.19. The highest BCUT2D eigenvalue weighted by Gasteiger charge is 2.37. The number of carbonyl (C=O) groups excluding carboxylic acids is 1. The summed E-state index contributed by atoms with van der Waals surface area (Å²) in [5.74, 6) is 2.06. The standard InChI is InChI=1S/C19H30N4O2/c1-19(2,3)25-18(24)22-11-10-21-17(20-4)23-13-15-12-16(15)14-8-6-5-7-9-14/h5-9,15-16H,10-13H2,1-4H3,(H,22,24)(H2,20,21,23). The molecule has 1 aliphatic rings. The zero-order valence-electron chi connectivity index (χ0n) is 15.6. The van der Waals surface area contributed by atoms with E-state index in [1.165, 1.54) is 12.0 Å². The van der Waals surface area contributed by atoms with Crippen molar-refractivity contribution in [3.63, 3.8) is 0 Å². The molecule has 6 heteroatoms. The first-order valence-corrected chi connectivity index (χ1v) is 8.85. The average Bonchev–Trinajstić information content (AvgIpc) is 3.33. The summed E-state index contributed by atoms with van der Waals surface area (Å²) >= 11 is 0. The molecule has 2 atom stereocenters. The van der Waals surface area contributed by atoms with Crippen molar-refractivity contribution in [2.45, 2.75) is 38.7 Å². The third-order valence-electron chi connectivity index (χ3n) is 3.99. The summed E-state index contributed by atoms with van der Waals surface area (Å²) in [5, 5.41) is 9.26. The highest BCUT2D eigenvalue weighted by Crippen LogP contribution is 2.46. The van der Waals surface area contributed by atoms with E-state index < -0.39 is 11.7 Å². The molecule has 0 spiro atoms. The second-order valence-electron chi connectivity index (χ2n) is 7.32. The molecular formula is C19H30N4O2. The maximum atomic E-state index is 11.6. The van der Waals surface area contributed by atoms with E-state index in [0.717, 1.165) is 12.5 Å². The topological polar surface area (TPSA) is 74.8 Å². The Morgan fingerprint density at radius 1 is 1.16 bits per heavy atom. The van der Waals surface area contributed by atoms with Gasteiger partial charge in [-0.15, -0.1) is 0 Å². The first-order chi connectivity index (χ1) is 11.9. The number of carbonyl (C=O) groups is 1. The van der Waals surface area contributed by atoms with E-state index in [2.05, 4.69) is 51.3 Å². The van der Waals surface area contributed by atoms with Crippen LogP contribution in [-0.2, 0) is 4.74 Å². The summed E-state index contributed by atoms with van der Waals surface area (Å²) in [5.41, 5.74) is 0.938. The minimum absolute atomic E-state index is 0.402. The zero-order valence-corrected chi connectivity index (χ0v) is 15.6. The number of ether oxygens (including phenoxy) is 1. The van der Waals surface area contributed by atoms with Crippen LogP contribution in [0.4, 0.5) is 4.79 Å². The lowest BCUT2D eigenvalue weighted by molar-refractivity contribution is 0.0529. The highest BCUT2D eigenvalue weighted by molar-refractivity contribution is 5.79. The van der Waals surface area contributed by atoms with Gasteiger partial charge in [-0.3, -0.25) is 4.99 Å². The number of amides is 1. The minimum atomic E-state index is -0.478. The van der Waals surface area contributed by atoms with Crippen LogP contribution in [0, 0.1) is 5.92 Å². The quantitative estimate of drug-likeness (QED) is 0.420. The van der Waals surface area contributed by atoms with Gasteiger partial charge < -0.3 is 20.7 Å². The van der Waals surface area contributed by atoms with Crippen LogP contribution in [0.3, 0.4) is 0 Å². The number of guanidine groups is 1. The van der Waals surface area contributed by atoms with Crippen molar-refractivity contribution in [3.8, 4) is 0 Å². The van der Waals surface area contributed by atoms with Crippen molar-refractivity contribution in [1.82, 2.24) is 16.0 Å². The Labute approximate surface area is 150 Å². The Balaban J connectivity index is 1.60. The molecule has 1 aromatic carbocycles. The fraction of sp³-hybridized carbons (Fsp3) is 0.579. The third kappa shape index (κ3) is 7.03. The van der Waals surface area contributed by atoms with Gasteiger partial charge in [-0.1, -0.05) is 30.3 Å². The molecule has 0 saturated heterocycles. The summed E-state index contributed by atoms with van der Waals surface area (Å²) in [6.45, 7) is 7.50. The number of hydrogen-bond acceptors (Lipinski definition) is 3. The van der Waals surface area contributed by atoms with Crippen LogP contribution in [0.15, 0.2) is 35.3 Å². The third-order valence-corrected chi connectivity index (χ3v) is 3.99. The Morgan fingerprint density at radius 2 is 1.84 bits per heavy atom. The first kappa shape index (κ1) is 19.1. The molecule has 0 aromatic heterocycles. The average molecular weight is 346 g/mol. The zero-order chi connectivity index (χ0) is 18.3. The van der Waals surface area contributed by atoms with Crippen molar-refractivity contribution in [2.24, 2.45) is 10.9 Å². The number of rotatable bonds is 6. The van der Waals surface area contributed by atoms with Gasteiger partial charge >= 0.3 is 6.09 Å². The molecular weight excluding hydrogens is 316 g/mol. The lowest BCUT2D eigenvalue weighted by Crippen LogP contribution is -2.43. The molecule has 0 radical (unpaired) electrons. The fourth-order valence-electron chi connectivity index (χ4n) is 2.69. The predicted octanol–water partition coefficient (Wildman–Crippen LogP) is 2.48. The molecule has 0 bridgehead atoms. The molecule has 1 fully saturated rings. The maximum Gasteiger partial charge on any atom is 0.407 e. The van der Waals surface area contributed by atoms with E-state index >= 15 is 0 Å². The molecule has 1 saturated carbocycles. The maximum absolute atomic E-state index is 11.6. The van der Waals surface area contributed by atoms with Gasteiger partial charge in [0.15, 0.2) is 5.96 Å². The second-order valence-corrected chi connectivity index (χ2v) is 7.32. The van der Waals surface area contributed by atoms with Crippen LogP contribution in [0.5, 0.6) is 0 Å². The van der Waals surface area contributed by atoms with Crippen molar-refractivity contribution in [1.29, 1.82) is 0 Å². The van der Waals surface area contributed by atoms with E-state index in [1.54, 1.807) is 7.05 Å². The van der Waals surface area contributed by atoms with Gasteiger partial charge in [-0.05, 0) is 44.6 Å². The Hall–Kier alpha value is -2.24. The molecule has 1 aromatic rings.